The molecule has 0 aromatic carbocycles. The molecule has 0 aliphatic heterocycles. The molecule has 27 heavy (non-hydrogen) atoms. The number of alkyl halides is 2. The van der Waals surface area contributed by atoms with Gasteiger partial charge in [0.2, 0.25) is 0 Å². The third-order valence-corrected chi connectivity index (χ3v) is 7.25. The fourth-order valence-electron chi connectivity index (χ4n) is 4.70. The maximum Gasteiger partial charge on any atom is 0.465 e. The number of aliphatic hydroxyl groups is 1. The summed E-state index contributed by atoms with van der Waals surface area (Å²) in [5.74, 6) is -1.87. The fourth-order valence-corrected chi connectivity index (χ4v) is 4.95. The molecule has 0 heterocycles. The van der Waals surface area contributed by atoms with Crippen LogP contribution in [0, 0.1) is 11.8 Å². The van der Waals surface area contributed by atoms with E-state index >= 15 is 0 Å². The van der Waals surface area contributed by atoms with Gasteiger partial charge in [-0.2, -0.15) is 17.2 Å². The summed E-state index contributed by atoms with van der Waals surface area (Å²) in [6.07, 6.45) is 6.26. The highest BCUT2D eigenvalue weighted by Gasteiger charge is 2.57. The molecule has 2 rings (SSSR count). The topological polar surface area (TPSA) is 101 Å². The molecule has 2 N–H and O–H groups in total. The molecule has 6 nitrogen and oxygen atoms in total. The first kappa shape index (κ1) is 22.5. The van der Waals surface area contributed by atoms with E-state index in [1.54, 1.807) is 0 Å². The normalized spacial score (nSPS) is 29.4. The lowest BCUT2D eigenvalue weighted by molar-refractivity contribution is -0.190. The smallest absolute Gasteiger partial charge is 0.454 e. The standard InChI is InChI=1S/C18H30F2O6S/c1-3-16(22,4-2)9-7-14-10-13-6-5-8-17(11-13,12-14)26-15(21)18(19,20)27(23,24)25/h13-14,22H,3-12H2,1-2H3,(H,23,24,25). The van der Waals surface area contributed by atoms with E-state index in [4.69, 9.17) is 9.29 Å². The summed E-state index contributed by atoms with van der Waals surface area (Å²) in [4.78, 5) is 11.8. The van der Waals surface area contributed by atoms with Crippen LogP contribution in [0.3, 0.4) is 0 Å². The van der Waals surface area contributed by atoms with Gasteiger partial charge in [0.1, 0.15) is 5.60 Å². The van der Waals surface area contributed by atoms with Crippen molar-refractivity contribution < 1.29 is 36.4 Å². The number of hydrogen-bond donors (Lipinski definition) is 2. The van der Waals surface area contributed by atoms with Crippen LogP contribution in [-0.2, 0) is 19.6 Å². The molecule has 2 aliphatic carbocycles. The van der Waals surface area contributed by atoms with Crippen molar-refractivity contribution in [2.75, 3.05) is 0 Å². The summed E-state index contributed by atoms with van der Waals surface area (Å²) in [5.41, 5.74) is -1.87. The molecule has 2 bridgehead atoms. The molecule has 0 spiro atoms. The van der Waals surface area contributed by atoms with Gasteiger partial charge >= 0.3 is 21.3 Å². The summed E-state index contributed by atoms with van der Waals surface area (Å²) in [7, 11) is -5.87. The van der Waals surface area contributed by atoms with Crippen molar-refractivity contribution in [3.63, 3.8) is 0 Å². The zero-order valence-corrected chi connectivity index (χ0v) is 16.7. The Balaban J connectivity index is 2.11. The Labute approximate surface area is 159 Å². The number of esters is 1. The fraction of sp³-hybridized carbons (Fsp3) is 0.944. The van der Waals surface area contributed by atoms with Gasteiger partial charge in [-0.15, -0.1) is 0 Å². The Hall–Kier alpha value is -0.800. The van der Waals surface area contributed by atoms with E-state index in [0.717, 1.165) is 19.3 Å². The first-order chi connectivity index (χ1) is 12.4. The molecule has 3 atom stereocenters. The molecule has 158 valence electrons. The molecule has 0 aromatic rings. The van der Waals surface area contributed by atoms with Gasteiger partial charge in [-0.3, -0.25) is 4.55 Å². The molecule has 0 aromatic heterocycles. The molecule has 2 aliphatic rings. The van der Waals surface area contributed by atoms with Crippen molar-refractivity contribution in [2.45, 2.75) is 94.5 Å². The van der Waals surface area contributed by atoms with Crippen molar-refractivity contribution in [1.82, 2.24) is 0 Å². The van der Waals surface area contributed by atoms with Crippen LogP contribution in [0.25, 0.3) is 0 Å². The summed E-state index contributed by atoms with van der Waals surface area (Å²) < 4.78 is 62.7. The largest absolute Gasteiger partial charge is 0.465 e. The maximum atomic E-state index is 13.6. The summed E-state index contributed by atoms with van der Waals surface area (Å²) in [6, 6.07) is 0. The number of ether oxygens (including phenoxy) is 1. The highest BCUT2D eigenvalue weighted by molar-refractivity contribution is 7.87. The van der Waals surface area contributed by atoms with E-state index in [2.05, 4.69) is 0 Å². The molecule has 9 heteroatoms. The zero-order chi connectivity index (χ0) is 20.5. The van der Waals surface area contributed by atoms with E-state index in [0.29, 0.717) is 44.9 Å². The zero-order valence-electron chi connectivity index (χ0n) is 15.9. The third kappa shape index (κ3) is 4.98. The van der Waals surface area contributed by atoms with Crippen molar-refractivity contribution in [3.8, 4) is 0 Å². The van der Waals surface area contributed by atoms with Crippen molar-refractivity contribution in [1.29, 1.82) is 0 Å². The Morgan fingerprint density at radius 2 is 1.89 bits per heavy atom. The Morgan fingerprint density at radius 3 is 2.44 bits per heavy atom. The summed E-state index contributed by atoms with van der Waals surface area (Å²) in [5, 5.41) is 5.52. The second-order valence-corrected chi connectivity index (χ2v) is 9.77. The van der Waals surface area contributed by atoms with Gasteiger partial charge < -0.3 is 9.84 Å². The van der Waals surface area contributed by atoms with Crippen LogP contribution in [0.2, 0.25) is 0 Å². The molecule has 3 unspecified atom stereocenters. The second-order valence-electron chi connectivity index (χ2n) is 8.30. The van der Waals surface area contributed by atoms with Crippen molar-refractivity contribution in [2.24, 2.45) is 11.8 Å². The van der Waals surface area contributed by atoms with Gasteiger partial charge in [0.25, 0.3) is 0 Å². The van der Waals surface area contributed by atoms with E-state index < -0.39 is 32.5 Å². The van der Waals surface area contributed by atoms with E-state index in [1.807, 2.05) is 13.8 Å². The maximum absolute atomic E-state index is 13.6. The minimum Gasteiger partial charge on any atom is -0.454 e. The van der Waals surface area contributed by atoms with E-state index in [1.165, 1.54) is 0 Å². The molecule has 0 saturated heterocycles. The van der Waals surface area contributed by atoms with Crippen LogP contribution in [-0.4, -0.2) is 40.5 Å². The first-order valence-corrected chi connectivity index (χ1v) is 11.1. The SMILES string of the molecule is CCC(O)(CC)CCC1CC2CCCC(OC(=O)C(F)(F)S(=O)(=O)O)(C2)C1. The number of halogens is 2. The minimum atomic E-state index is -5.87. The van der Waals surface area contributed by atoms with E-state index in [9.17, 15) is 27.1 Å². The third-order valence-electron chi connectivity index (χ3n) is 6.44. The molecular weight excluding hydrogens is 382 g/mol. The molecule has 0 amide bonds. The van der Waals surface area contributed by atoms with Crippen LogP contribution >= 0.6 is 0 Å². The number of carbonyl (C=O) groups is 1. The second kappa shape index (κ2) is 7.91. The van der Waals surface area contributed by atoms with Crippen LogP contribution < -0.4 is 0 Å². The van der Waals surface area contributed by atoms with Gasteiger partial charge in [-0.25, -0.2) is 4.79 Å². The Bertz CT molecular complexity index is 646. The van der Waals surface area contributed by atoms with Crippen LogP contribution in [0.5, 0.6) is 0 Å². The quantitative estimate of drug-likeness (QED) is 0.466. The average molecular weight is 412 g/mol. The molecular formula is C18H30F2O6S. The van der Waals surface area contributed by atoms with E-state index in [-0.39, 0.29) is 11.8 Å². The summed E-state index contributed by atoms with van der Waals surface area (Å²) >= 11 is 0. The predicted octanol–water partition coefficient (Wildman–Crippen LogP) is 3.68. The summed E-state index contributed by atoms with van der Waals surface area (Å²) in [6.45, 7) is 3.83. The lowest BCUT2D eigenvalue weighted by Crippen LogP contribution is -2.50. The molecule has 2 fully saturated rings. The lowest BCUT2D eigenvalue weighted by atomic mass is 9.64. The van der Waals surface area contributed by atoms with Gasteiger partial charge in [0.15, 0.2) is 0 Å². The highest BCUT2D eigenvalue weighted by atomic mass is 32.2. The predicted molar refractivity (Wildman–Crippen MR) is 94.8 cm³/mol. The van der Waals surface area contributed by atoms with Crippen molar-refractivity contribution in [3.05, 3.63) is 0 Å². The number of fused-ring (bicyclic) bond motifs is 2. The van der Waals surface area contributed by atoms with Crippen LogP contribution in [0.1, 0.15) is 78.1 Å². The number of rotatable bonds is 8. The van der Waals surface area contributed by atoms with Crippen LogP contribution in [0.4, 0.5) is 8.78 Å². The Morgan fingerprint density at radius 1 is 1.26 bits per heavy atom. The van der Waals surface area contributed by atoms with Gasteiger partial charge in [-0.05, 0) is 69.6 Å². The van der Waals surface area contributed by atoms with Crippen LogP contribution in [0.15, 0.2) is 0 Å². The van der Waals surface area contributed by atoms with Crippen molar-refractivity contribution >= 4 is 16.1 Å². The average Bonchev–Trinajstić information content (AvgIpc) is 2.58. The monoisotopic (exact) mass is 412 g/mol. The highest BCUT2D eigenvalue weighted by Crippen LogP contribution is 2.49. The number of hydrogen-bond acceptors (Lipinski definition) is 5. The van der Waals surface area contributed by atoms with Gasteiger partial charge in [0, 0.05) is 0 Å². The number of carbonyl (C=O) groups excluding carboxylic acids is 1. The first-order valence-electron chi connectivity index (χ1n) is 9.67. The Kier molecular flexibility index (Phi) is 6.59. The molecule has 2 saturated carbocycles. The lowest BCUT2D eigenvalue weighted by Gasteiger charge is -2.48. The van der Waals surface area contributed by atoms with Gasteiger partial charge in [0.05, 0.1) is 5.60 Å². The molecule has 0 radical (unpaired) electrons. The van der Waals surface area contributed by atoms with Gasteiger partial charge in [-0.1, -0.05) is 20.3 Å². The minimum absolute atomic E-state index is 0.112.